The van der Waals surface area contributed by atoms with Crippen molar-refractivity contribution in [3.8, 4) is 11.5 Å². The van der Waals surface area contributed by atoms with Gasteiger partial charge in [-0.25, -0.2) is 0 Å². The molecule has 0 N–H and O–H groups in total. The molecule has 0 aliphatic heterocycles. The third-order valence-electron chi connectivity index (χ3n) is 4.86. The van der Waals surface area contributed by atoms with Crippen molar-refractivity contribution >= 4 is 28.9 Å². The summed E-state index contributed by atoms with van der Waals surface area (Å²) >= 11 is 3.02. The molecule has 0 aromatic carbocycles. The highest BCUT2D eigenvalue weighted by Crippen LogP contribution is 2.27. The van der Waals surface area contributed by atoms with E-state index >= 15 is 0 Å². The Kier molecular flexibility index (Phi) is 5.73. The Hall–Kier alpha value is -2.58. The number of carbonyl (C=O) groups is 1. The number of rotatable bonds is 8. The molecule has 150 valence electrons. The van der Waals surface area contributed by atoms with Gasteiger partial charge in [0, 0.05) is 28.4 Å². The van der Waals surface area contributed by atoms with Crippen LogP contribution in [-0.2, 0) is 13.0 Å². The van der Waals surface area contributed by atoms with Crippen molar-refractivity contribution in [3.63, 3.8) is 0 Å². The number of hydrogen-bond acceptors (Lipinski definition) is 7. The molecule has 4 heterocycles. The highest BCUT2D eigenvalue weighted by Gasteiger charge is 2.18. The van der Waals surface area contributed by atoms with Gasteiger partial charge in [-0.1, -0.05) is 17.8 Å². The standard InChI is InChI=1S/C21H21N3O3S2/c1-13-11-18(14(2)24(13)8-6-16-5-4-10-28-16)19(25)12-29-21-23-22-20(27-21)17-7-9-26-15(17)3/h4-5,7,9-11H,6,8,12H2,1-3H3. The maximum Gasteiger partial charge on any atom is 0.277 e. The monoisotopic (exact) mass is 427 g/mol. The molecule has 0 saturated heterocycles. The van der Waals surface area contributed by atoms with E-state index in [0.717, 1.165) is 41.2 Å². The molecule has 6 nitrogen and oxygen atoms in total. The summed E-state index contributed by atoms with van der Waals surface area (Å²) in [7, 11) is 0. The minimum absolute atomic E-state index is 0.0599. The SMILES string of the molecule is Cc1occc1-c1nnc(SCC(=O)c2cc(C)n(CCc3cccs3)c2C)o1. The highest BCUT2D eigenvalue weighted by molar-refractivity contribution is 7.99. The summed E-state index contributed by atoms with van der Waals surface area (Å²) in [5.74, 6) is 1.43. The fourth-order valence-electron chi connectivity index (χ4n) is 3.29. The number of carbonyl (C=O) groups excluding carboxylic acids is 1. The topological polar surface area (TPSA) is 74.1 Å². The summed E-state index contributed by atoms with van der Waals surface area (Å²) in [5.41, 5.74) is 3.63. The molecule has 0 fully saturated rings. The molecule has 0 amide bonds. The van der Waals surface area contributed by atoms with E-state index < -0.39 is 0 Å². The lowest BCUT2D eigenvalue weighted by Crippen LogP contribution is -2.08. The zero-order valence-electron chi connectivity index (χ0n) is 16.5. The van der Waals surface area contributed by atoms with E-state index in [9.17, 15) is 4.79 Å². The van der Waals surface area contributed by atoms with Gasteiger partial charge in [0.05, 0.1) is 17.6 Å². The molecule has 0 unspecified atom stereocenters. The van der Waals surface area contributed by atoms with Gasteiger partial charge in [0.25, 0.3) is 11.1 Å². The second-order valence-electron chi connectivity index (χ2n) is 6.74. The largest absolute Gasteiger partial charge is 0.469 e. The number of thioether (sulfide) groups is 1. The molecule has 0 aliphatic rings. The van der Waals surface area contributed by atoms with E-state index in [0.29, 0.717) is 11.1 Å². The normalized spacial score (nSPS) is 11.3. The molecule has 4 rings (SSSR count). The lowest BCUT2D eigenvalue weighted by molar-refractivity contribution is 0.102. The number of aryl methyl sites for hydroxylation is 3. The number of ketones is 1. The van der Waals surface area contributed by atoms with E-state index in [1.807, 2.05) is 26.8 Å². The Bertz CT molecular complexity index is 1120. The van der Waals surface area contributed by atoms with Gasteiger partial charge in [0.2, 0.25) is 0 Å². The lowest BCUT2D eigenvalue weighted by atomic mass is 10.2. The van der Waals surface area contributed by atoms with Crippen molar-refractivity contribution in [1.29, 1.82) is 0 Å². The van der Waals surface area contributed by atoms with Crippen LogP contribution in [0.15, 0.2) is 50.0 Å². The van der Waals surface area contributed by atoms with Gasteiger partial charge < -0.3 is 13.4 Å². The van der Waals surface area contributed by atoms with Crippen LogP contribution < -0.4 is 0 Å². The third kappa shape index (κ3) is 4.23. The third-order valence-corrected chi connectivity index (χ3v) is 6.61. The molecule has 0 aliphatic carbocycles. The number of Topliss-reactive ketones (excluding diaryl/α,β-unsaturated/α-hetero) is 1. The van der Waals surface area contributed by atoms with E-state index in [1.165, 1.54) is 16.6 Å². The zero-order chi connectivity index (χ0) is 20.4. The highest BCUT2D eigenvalue weighted by atomic mass is 32.2. The van der Waals surface area contributed by atoms with Crippen LogP contribution in [0.4, 0.5) is 0 Å². The Morgan fingerprint density at radius 1 is 1.24 bits per heavy atom. The number of thiophene rings is 1. The maximum absolute atomic E-state index is 12.8. The van der Waals surface area contributed by atoms with Crippen molar-refractivity contribution < 1.29 is 13.6 Å². The van der Waals surface area contributed by atoms with Gasteiger partial charge in [0.15, 0.2) is 5.78 Å². The van der Waals surface area contributed by atoms with Crippen molar-refractivity contribution in [2.24, 2.45) is 0 Å². The molecule has 4 aromatic rings. The van der Waals surface area contributed by atoms with Crippen molar-refractivity contribution in [2.75, 3.05) is 5.75 Å². The smallest absolute Gasteiger partial charge is 0.277 e. The van der Waals surface area contributed by atoms with Crippen LogP contribution in [0.3, 0.4) is 0 Å². The van der Waals surface area contributed by atoms with Crippen molar-refractivity contribution in [1.82, 2.24) is 14.8 Å². The molecule has 0 atom stereocenters. The van der Waals surface area contributed by atoms with Gasteiger partial charge in [-0.3, -0.25) is 4.79 Å². The summed E-state index contributed by atoms with van der Waals surface area (Å²) < 4.78 is 13.1. The molecule has 0 saturated carbocycles. The number of nitrogens with zero attached hydrogens (tertiary/aromatic N) is 3. The molecular weight excluding hydrogens is 406 g/mol. The first-order chi connectivity index (χ1) is 14.0. The molecule has 0 bridgehead atoms. The van der Waals surface area contributed by atoms with Crippen molar-refractivity contribution in [3.05, 3.63) is 63.5 Å². The van der Waals surface area contributed by atoms with Crippen LogP contribution in [-0.4, -0.2) is 26.3 Å². The molecule has 29 heavy (non-hydrogen) atoms. The second-order valence-corrected chi connectivity index (χ2v) is 8.70. The average molecular weight is 428 g/mol. The summed E-state index contributed by atoms with van der Waals surface area (Å²) in [4.78, 5) is 14.1. The fraction of sp³-hybridized carbons (Fsp3) is 0.286. The first-order valence-electron chi connectivity index (χ1n) is 9.26. The number of hydrogen-bond donors (Lipinski definition) is 0. The molecule has 8 heteroatoms. The van der Waals surface area contributed by atoms with Gasteiger partial charge in [-0.2, -0.15) is 0 Å². The van der Waals surface area contributed by atoms with Crippen LogP contribution in [0.25, 0.3) is 11.5 Å². The van der Waals surface area contributed by atoms with Crippen LogP contribution in [0.2, 0.25) is 0 Å². The van der Waals surface area contributed by atoms with Crippen LogP contribution in [0, 0.1) is 20.8 Å². The zero-order valence-corrected chi connectivity index (χ0v) is 18.1. The van der Waals surface area contributed by atoms with E-state index in [4.69, 9.17) is 8.83 Å². The van der Waals surface area contributed by atoms with Crippen LogP contribution in [0.5, 0.6) is 0 Å². The molecular formula is C21H21N3O3S2. The van der Waals surface area contributed by atoms with Gasteiger partial charge in [0.1, 0.15) is 5.76 Å². The first kappa shape index (κ1) is 19.7. The molecule has 4 aromatic heterocycles. The minimum Gasteiger partial charge on any atom is -0.469 e. The van der Waals surface area contributed by atoms with Crippen LogP contribution in [0.1, 0.15) is 32.4 Å². The predicted octanol–water partition coefficient (Wildman–Crippen LogP) is 5.34. The van der Waals surface area contributed by atoms with E-state index in [2.05, 4.69) is 32.3 Å². The Labute approximate surface area is 176 Å². The fourth-order valence-corrected chi connectivity index (χ4v) is 4.64. The Balaban J connectivity index is 1.40. The predicted molar refractivity (Wildman–Crippen MR) is 114 cm³/mol. The Morgan fingerprint density at radius 3 is 2.83 bits per heavy atom. The van der Waals surface area contributed by atoms with E-state index in [-0.39, 0.29) is 11.5 Å². The van der Waals surface area contributed by atoms with Gasteiger partial charge in [-0.05, 0) is 50.8 Å². The summed E-state index contributed by atoms with van der Waals surface area (Å²) in [6.07, 6.45) is 2.55. The number of aromatic nitrogens is 3. The molecule has 0 radical (unpaired) electrons. The average Bonchev–Trinajstić information content (AvgIpc) is 3.48. The molecule has 0 spiro atoms. The summed E-state index contributed by atoms with van der Waals surface area (Å²) in [5, 5.41) is 10.5. The van der Waals surface area contributed by atoms with Gasteiger partial charge >= 0.3 is 0 Å². The maximum atomic E-state index is 12.8. The lowest BCUT2D eigenvalue weighted by Gasteiger charge is -2.08. The van der Waals surface area contributed by atoms with Crippen molar-refractivity contribution in [2.45, 2.75) is 39.0 Å². The second kappa shape index (κ2) is 8.42. The Morgan fingerprint density at radius 2 is 2.10 bits per heavy atom. The van der Waals surface area contributed by atoms with Gasteiger partial charge in [-0.15, -0.1) is 21.5 Å². The number of furan rings is 1. The van der Waals surface area contributed by atoms with Crippen LogP contribution >= 0.6 is 23.1 Å². The summed E-state index contributed by atoms with van der Waals surface area (Å²) in [6.45, 7) is 6.76. The summed E-state index contributed by atoms with van der Waals surface area (Å²) in [6, 6.07) is 7.97. The first-order valence-corrected chi connectivity index (χ1v) is 11.1. The quantitative estimate of drug-likeness (QED) is 0.279. The van der Waals surface area contributed by atoms with E-state index in [1.54, 1.807) is 23.7 Å². The minimum atomic E-state index is 0.0599.